The third-order valence-electron chi connectivity index (χ3n) is 5.61. The normalized spacial score (nSPS) is 14.6. The lowest BCUT2D eigenvalue weighted by Gasteiger charge is -2.37. The molecule has 1 aliphatic rings. The molecule has 0 unspecified atom stereocenters. The summed E-state index contributed by atoms with van der Waals surface area (Å²) in [7, 11) is -2.56. The van der Waals surface area contributed by atoms with Crippen molar-refractivity contribution in [3.8, 4) is 5.75 Å². The van der Waals surface area contributed by atoms with Crippen LogP contribution in [0, 0.1) is 11.7 Å². The minimum Gasteiger partial charge on any atom is -0.493 e. The van der Waals surface area contributed by atoms with Crippen molar-refractivity contribution in [3.63, 3.8) is 0 Å². The molecule has 1 saturated heterocycles. The van der Waals surface area contributed by atoms with E-state index in [9.17, 15) is 9.18 Å². The van der Waals surface area contributed by atoms with Crippen molar-refractivity contribution in [1.82, 2.24) is 15.1 Å². The second-order valence-electron chi connectivity index (χ2n) is 9.24. The zero-order chi connectivity index (χ0) is 26.7. The number of amides is 2. The van der Waals surface area contributed by atoms with Gasteiger partial charge in [0.1, 0.15) is 11.6 Å². The Morgan fingerprint density at radius 1 is 1.08 bits per heavy atom. The van der Waals surface area contributed by atoms with Gasteiger partial charge in [0, 0.05) is 19.1 Å². The van der Waals surface area contributed by atoms with Crippen LogP contribution in [0.1, 0.15) is 37.8 Å². The molecule has 0 saturated carbocycles. The van der Waals surface area contributed by atoms with Gasteiger partial charge in [-0.15, -0.1) is 0 Å². The first-order valence-electron chi connectivity index (χ1n) is 11.8. The highest BCUT2D eigenvalue weighted by Crippen LogP contribution is 2.19. The van der Waals surface area contributed by atoms with Crippen molar-refractivity contribution >= 4 is 16.4 Å². The van der Waals surface area contributed by atoms with Crippen LogP contribution in [0.4, 0.5) is 9.18 Å². The van der Waals surface area contributed by atoms with E-state index in [1.165, 1.54) is 12.1 Å². The standard InChI is InChI=1S/C25H34FN3O2.H2O4S/c1-19(2)18-31-24-10-6-20(7-11-24)16-27-25(30)29(23-12-14-28(3)15-13-23)17-21-4-8-22(26)9-5-21;1-5(2,3)4/h4-11,19,23H,12-18H2,1-3H3,(H,27,30);(H2,1,2,3,4). The second kappa shape index (κ2) is 14.1. The zero-order valence-corrected chi connectivity index (χ0v) is 21.7. The Morgan fingerprint density at radius 2 is 1.61 bits per heavy atom. The molecule has 2 amide bonds. The molecule has 2 aromatic rings. The van der Waals surface area contributed by atoms with E-state index >= 15 is 0 Å². The molecule has 36 heavy (non-hydrogen) atoms. The first-order valence-corrected chi connectivity index (χ1v) is 13.2. The van der Waals surface area contributed by atoms with Crippen molar-refractivity contribution in [2.45, 2.75) is 45.8 Å². The summed E-state index contributed by atoms with van der Waals surface area (Å²) in [6.07, 6.45) is 1.88. The molecule has 1 aliphatic heterocycles. The summed E-state index contributed by atoms with van der Waals surface area (Å²) in [5.41, 5.74) is 1.96. The number of hydrogen-bond donors (Lipinski definition) is 3. The molecular weight excluding hydrogens is 489 g/mol. The molecule has 0 spiro atoms. The van der Waals surface area contributed by atoms with Crippen LogP contribution < -0.4 is 10.1 Å². The number of nitrogens with one attached hydrogen (secondary N) is 1. The van der Waals surface area contributed by atoms with Crippen LogP contribution in [0.2, 0.25) is 0 Å². The third-order valence-corrected chi connectivity index (χ3v) is 5.61. The van der Waals surface area contributed by atoms with E-state index in [2.05, 4.69) is 31.1 Å². The first kappa shape index (κ1) is 29.5. The number of ether oxygens (including phenoxy) is 1. The Balaban J connectivity index is 0.000000830. The molecule has 0 radical (unpaired) electrons. The van der Waals surface area contributed by atoms with Gasteiger partial charge in [0.25, 0.3) is 0 Å². The number of benzene rings is 2. The average Bonchev–Trinajstić information content (AvgIpc) is 2.81. The van der Waals surface area contributed by atoms with Crippen molar-refractivity contribution in [2.24, 2.45) is 5.92 Å². The fourth-order valence-corrected chi connectivity index (χ4v) is 3.71. The summed E-state index contributed by atoms with van der Waals surface area (Å²) < 4.78 is 50.6. The molecule has 1 fully saturated rings. The van der Waals surface area contributed by atoms with Gasteiger partial charge in [-0.2, -0.15) is 8.42 Å². The smallest absolute Gasteiger partial charge is 0.394 e. The van der Waals surface area contributed by atoms with Crippen LogP contribution >= 0.6 is 0 Å². The third kappa shape index (κ3) is 11.8. The fraction of sp³-hybridized carbons (Fsp3) is 0.480. The van der Waals surface area contributed by atoms with Gasteiger partial charge in [0.15, 0.2) is 0 Å². The van der Waals surface area contributed by atoms with Crippen LogP contribution in [-0.4, -0.2) is 66.1 Å². The van der Waals surface area contributed by atoms with Gasteiger partial charge in [0.2, 0.25) is 0 Å². The van der Waals surface area contributed by atoms with Crippen LogP contribution in [0.25, 0.3) is 0 Å². The molecular formula is C25H36FN3O6S. The summed E-state index contributed by atoms with van der Waals surface area (Å²) in [5, 5.41) is 3.07. The van der Waals surface area contributed by atoms with E-state index in [0.717, 1.165) is 42.8 Å². The second-order valence-corrected chi connectivity index (χ2v) is 10.1. The topological polar surface area (TPSA) is 119 Å². The van der Waals surface area contributed by atoms with Gasteiger partial charge in [-0.05, 0) is 74.3 Å². The number of carbonyl (C=O) groups excluding carboxylic acids is 1. The highest BCUT2D eigenvalue weighted by molar-refractivity contribution is 7.79. The molecule has 0 atom stereocenters. The van der Waals surface area contributed by atoms with E-state index < -0.39 is 10.4 Å². The summed E-state index contributed by atoms with van der Waals surface area (Å²) in [6, 6.07) is 14.3. The Hall–Kier alpha value is -2.73. The first-order chi connectivity index (χ1) is 16.9. The maximum Gasteiger partial charge on any atom is 0.394 e. The highest BCUT2D eigenvalue weighted by Gasteiger charge is 2.27. The quantitative estimate of drug-likeness (QED) is 0.446. The fourth-order valence-electron chi connectivity index (χ4n) is 3.71. The van der Waals surface area contributed by atoms with Crippen molar-refractivity contribution in [2.75, 3.05) is 26.7 Å². The average molecular weight is 526 g/mol. The maximum atomic E-state index is 13.3. The van der Waals surface area contributed by atoms with Crippen LogP contribution in [0.15, 0.2) is 48.5 Å². The monoisotopic (exact) mass is 525 g/mol. The number of urea groups is 1. The Kier molecular flexibility index (Phi) is 11.6. The molecule has 3 rings (SSSR count). The lowest BCUT2D eigenvalue weighted by atomic mass is 10.0. The van der Waals surface area contributed by atoms with Gasteiger partial charge in [-0.3, -0.25) is 9.11 Å². The molecule has 200 valence electrons. The molecule has 0 bridgehead atoms. The van der Waals surface area contributed by atoms with Crippen LogP contribution in [0.3, 0.4) is 0 Å². The van der Waals surface area contributed by atoms with Gasteiger partial charge in [0.05, 0.1) is 6.61 Å². The summed E-state index contributed by atoms with van der Waals surface area (Å²) in [4.78, 5) is 17.3. The molecule has 2 aromatic carbocycles. The van der Waals surface area contributed by atoms with Crippen molar-refractivity contribution < 1.29 is 31.4 Å². The molecule has 0 aromatic heterocycles. The molecule has 0 aliphatic carbocycles. The van der Waals surface area contributed by atoms with E-state index in [4.69, 9.17) is 22.3 Å². The van der Waals surface area contributed by atoms with Gasteiger partial charge < -0.3 is 19.9 Å². The molecule has 3 N–H and O–H groups in total. The van der Waals surface area contributed by atoms with Crippen molar-refractivity contribution in [1.29, 1.82) is 0 Å². The molecule has 11 heteroatoms. The Labute approximate surface area is 212 Å². The number of rotatable bonds is 8. The zero-order valence-electron chi connectivity index (χ0n) is 20.9. The van der Waals surface area contributed by atoms with Gasteiger partial charge in [-0.25, -0.2) is 9.18 Å². The van der Waals surface area contributed by atoms with E-state index in [1.807, 2.05) is 29.2 Å². The highest BCUT2D eigenvalue weighted by atomic mass is 32.3. The Morgan fingerprint density at radius 3 is 2.14 bits per heavy atom. The summed E-state index contributed by atoms with van der Waals surface area (Å²) in [5.74, 6) is 1.05. The minimum atomic E-state index is -4.67. The predicted molar refractivity (Wildman–Crippen MR) is 136 cm³/mol. The molecule has 9 nitrogen and oxygen atoms in total. The maximum absolute atomic E-state index is 13.3. The van der Waals surface area contributed by atoms with Crippen LogP contribution in [0.5, 0.6) is 5.75 Å². The molecule has 1 heterocycles. The van der Waals surface area contributed by atoms with E-state index in [1.54, 1.807) is 12.1 Å². The van der Waals surface area contributed by atoms with Gasteiger partial charge >= 0.3 is 16.4 Å². The number of carbonyl (C=O) groups is 1. The SMILES string of the molecule is CC(C)COc1ccc(CNC(=O)N(Cc2ccc(F)cc2)C2CCN(C)CC2)cc1.O=S(=O)(O)O. The van der Waals surface area contributed by atoms with E-state index in [0.29, 0.717) is 25.6 Å². The minimum absolute atomic E-state index is 0.0842. The number of piperidine rings is 1. The largest absolute Gasteiger partial charge is 0.493 e. The summed E-state index contributed by atoms with van der Waals surface area (Å²) in [6.45, 7) is 7.78. The van der Waals surface area contributed by atoms with Gasteiger partial charge in [-0.1, -0.05) is 38.1 Å². The van der Waals surface area contributed by atoms with Crippen molar-refractivity contribution in [3.05, 3.63) is 65.5 Å². The van der Waals surface area contributed by atoms with Crippen LogP contribution in [-0.2, 0) is 23.5 Å². The number of hydrogen-bond acceptors (Lipinski definition) is 5. The number of halogens is 1. The predicted octanol–water partition coefficient (Wildman–Crippen LogP) is 4.01. The number of nitrogens with zero attached hydrogens (tertiary/aromatic N) is 2. The lowest BCUT2D eigenvalue weighted by Crippen LogP contribution is -2.49. The number of likely N-dealkylation sites (tertiary alicyclic amines) is 1. The van der Waals surface area contributed by atoms with E-state index in [-0.39, 0.29) is 17.9 Å². The lowest BCUT2D eigenvalue weighted by molar-refractivity contribution is 0.127. The summed E-state index contributed by atoms with van der Waals surface area (Å²) >= 11 is 0. The Bertz CT molecular complexity index is 1030.